The maximum atomic E-state index is 12.0. The molecule has 2 aliphatic rings. The molecular weight excluding hydrogens is 274 g/mol. The van der Waals surface area contributed by atoms with Crippen molar-refractivity contribution in [3.05, 3.63) is 27.6 Å². The second kappa shape index (κ2) is 4.61. The summed E-state index contributed by atoms with van der Waals surface area (Å²) in [5, 5.41) is 3.99. The van der Waals surface area contributed by atoms with Crippen molar-refractivity contribution in [2.45, 2.75) is 50.4 Å². The summed E-state index contributed by atoms with van der Waals surface area (Å²) in [7, 11) is 0. The smallest absolute Gasteiger partial charge is 0.275 e. The first-order chi connectivity index (χ1) is 9.70. The van der Waals surface area contributed by atoms with E-state index in [4.69, 9.17) is 5.73 Å². The molecule has 2 N–H and O–H groups in total. The van der Waals surface area contributed by atoms with Crippen LogP contribution in [-0.4, -0.2) is 37.6 Å². The van der Waals surface area contributed by atoms with Crippen molar-refractivity contribution in [3.63, 3.8) is 0 Å². The fraction of sp³-hybridized carbons (Fsp3) is 0.615. The summed E-state index contributed by atoms with van der Waals surface area (Å²) in [6.07, 6.45) is 4.58. The minimum Gasteiger partial charge on any atom is -0.328 e. The Morgan fingerprint density at radius 1 is 1.35 bits per heavy atom. The van der Waals surface area contributed by atoms with Gasteiger partial charge in [0.1, 0.15) is 5.51 Å². The van der Waals surface area contributed by atoms with Gasteiger partial charge in [-0.3, -0.25) is 9.69 Å². The predicted molar refractivity (Wildman–Crippen MR) is 76.7 cm³/mol. The Kier molecular flexibility index (Phi) is 2.87. The molecule has 2 fully saturated rings. The lowest BCUT2D eigenvalue weighted by Crippen LogP contribution is -2.47. The zero-order valence-electron chi connectivity index (χ0n) is 11.1. The zero-order chi connectivity index (χ0) is 13.7. The summed E-state index contributed by atoms with van der Waals surface area (Å²) in [4.78, 5) is 19.7. The summed E-state index contributed by atoms with van der Waals surface area (Å²) in [6.45, 7) is 0.756. The van der Waals surface area contributed by atoms with E-state index in [1.165, 1.54) is 28.7 Å². The summed E-state index contributed by atoms with van der Waals surface area (Å²) in [5.74, 6) is 0. The van der Waals surface area contributed by atoms with E-state index < -0.39 is 0 Å². The van der Waals surface area contributed by atoms with Crippen LogP contribution >= 0.6 is 11.3 Å². The second-order valence-electron chi connectivity index (χ2n) is 5.81. The van der Waals surface area contributed by atoms with Crippen LogP contribution < -0.4 is 11.3 Å². The van der Waals surface area contributed by atoms with Crippen molar-refractivity contribution in [1.29, 1.82) is 0 Å². The normalized spacial score (nSPS) is 30.1. The van der Waals surface area contributed by atoms with E-state index in [0.717, 1.165) is 25.1 Å². The minimum absolute atomic E-state index is 0.0905. The number of aromatic nitrogens is 3. The van der Waals surface area contributed by atoms with Gasteiger partial charge >= 0.3 is 0 Å². The first kappa shape index (κ1) is 12.4. The minimum atomic E-state index is -0.0905. The third-order valence-corrected chi connectivity index (χ3v) is 5.18. The standard InChI is InChI=1S/C13H17N5OS/c14-8-3-10-1-2-11(4-8)17(10)6-9-5-12(19)18-13(16-9)20-7-15-18/h5,7-8,10-11H,1-4,6,14H2. The molecular formula is C13H17N5OS. The molecule has 4 heterocycles. The van der Waals surface area contributed by atoms with Crippen molar-refractivity contribution < 1.29 is 0 Å². The van der Waals surface area contributed by atoms with Crippen LogP contribution in [0.3, 0.4) is 0 Å². The Labute approximate surface area is 120 Å². The van der Waals surface area contributed by atoms with Crippen molar-refractivity contribution in [2.24, 2.45) is 5.73 Å². The molecule has 2 bridgehead atoms. The number of hydrogen-bond acceptors (Lipinski definition) is 6. The van der Waals surface area contributed by atoms with Gasteiger partial charge in [0.2, 0.25) is 4.96 Å². The Bertz CT molecular complexity index is 681. The topological polar surface area (TPSA) is 76.5 Å². The number of fused-ring (bicyclic) bond motifs is 3. The highest BCUT2D eigenvalue weighted by Gasteiger charge is 2.39. The predicted octanol–water partition coefficient (Wildman–Crippen LogP) is 0.605. The number of hydrogen-bond donors (Lipinski definition) is 1. The van der Waals surface area contributed by atoms with Gasteiger partial charge in [0.15, 0.2) is 0 Å². The third-order valence-electron chi connectivity index (χ3n) is 4.51. The number of nitrogens with two attached hydrogens (primary N) is 1. The summed E-state index contributed by atoms with van der Waals surface area (Å²) < 4.78 is 1.36. The molecule has 0 radical (unpaired) electrons. The first-order valence-electron chi connectivity index (χ1n) is 7.04. The molecule has 7 heteroatoms. The lowest BCUT2D eigenvalue weighted by molar-refractivity contribution is 0.118. The molecule has 2 aromatic heterocycles. The van der Waals surface area contributed by atoms with E-state index in [1.807, 2.05) is 0 Å². The van der Waals surface area contributed by atoms with Crippen molar-refractivity contribution in [1.82, 2.24) is 19.5 Å². The van der Waals surface area contributed by atoms with Gasteiger partial charge in [-0.1, -0.05) is 11.3 Å². The Balaban J connectivity index is 1.63. The maximum absolute atomic E-state index is 12.0. The van der Waals surface area contributed by atoms with Crippen molar-refractivity contribution >= 4 is 16.3 Å². The Morgan fingerprint density at radius 2 is 2.10 bits per heavy atom. The molecule has 20 heavy (non-hydrogen) atoms. The van der Waals surface area contributed by atoms with E-state index in [9.17, 15) is 4.79 Å². The van der Waals surface area contributed by atoms with Gasteiger partial charge in [0, 0.05) is 30.7 Å². The number of piperidine rings is 1. The highest BCUT2D eigenvalue weighted by molar-refractivity contribution is 7.14. The summed E-state index contributed by atoms with van der Waals surface area (Å²) >= 11 is 1.40. The molecule has 6 nitrogen and oxygen atoms in total. The Hall–Kier alpha value is -1.31. The first-order valence-corrected chi connectivity index (χ1v) is 7.92. The fourth-order valence-electron chi connectivity index (χ4n) is 3.64. The molecule has 0 amide bonds. The largest absolute Gasteiger partial charge is 0.328 e. The number of rotatable bonds is 2. The molecule has 106 valence electrons. The lowest BCUT2D eigenvalue weighted by Gasteiger charge is -2.37. The van der Waals surface area contributed by atoms with Gasteiger partial charge in [0.05, 0.1) is 5.69 Å². The van der Waals surface area contributed by atoms with Crippen molar-refractivity contribution in [2.75, 3.05) is 0 Å². The molecule has 0 aromatic carbocycles. The second-order valence-corrected chi connectivity index (χ2v) is 6.62. The highest BCUT2D eigenvalue weighted by Crippen LogP contribution is 2.35. The molecule has 2 aromatic rings. The van der Waals surface area contributed by atoms with Gasteiger partial charge in [-0.15, -0.1) is 0 Å². The van der Waals surface area contributed by atoms with E-state index in [-0.39, 0.29) is 5.56 Å². The van der Waals surface area contributed by atoms with Crippen LogP contribution in [0, 0.1) is 0 Å². The van der Waals surface area contributed by atoms with E-state index in [0.29, 0.717) is 23.1 Å². The molecule has 4 rings (SSSR count). The SMILES string of the molecule is NC1CC2CCC(C1)N2Cc1cc(=O)n2ncsc2n1. The van der Waals surface area contributed by atoms with Crippen LogP contribution in [0.4, 0.5) is 0 Å². The van der Waals surface area contributed by atoms with Crippen LogP contribution in [0.15, 0.2) is 16.4 Å². The van der Waals surface area contributed by atoms with Crippen LogP contribution in [0.5, 0.6) is 0 Å². The van der Waals surface area contributed by atoms with Crippen LogP contribution in [0.25, 0.3) is 4.96 Å². The summed E-state index contributed by atoms with van der Waals surface area (Å²) in [5.41, 5.74) is 8.51. The number of nitrogens with zero attached hydrogens (tertiary/aromatic N) is 4. The molecule has 0 aliphatic carbocycles. The summed E-state index contributed by atoms with van der Waals surface area (Å²) in [6, 6.07) is 3.07. The third kappa shape index (κ3) is 1.97. The maximum Gasteiger partial charge on any atom is 0.275 e. The van der Waals surface area contributed by atoms with E-state index in [2.05, 4.69) is 15.0 Å². The average molecular weight is 291 g/mol. The zero-order valence-corrected chi connectivity index (χ0v) is 11.9. The fourth-order valence-corrected chi connectivity index (χ4v) is 4.29. The van der Waals surface area contributed by atoms with Gasteiger partial charge in [0.25, 0.3) is 5.56 Å². The Morgan fingerprint density at radius 3 is 2.85 bits per heavy atom. The van der Waals surface area contributed by atoms with Gasteiger partial charge < -0.3 is 5.73 Å². The monoisotopic (exact) mass is 291 g/mol. The van der Waals surface area contributed by atoms with Gasteiger partial charge in [-0.25, -0.2) is 4.98 Å². The molecule has 2 atom stereocenters. The lowest BCUT2D eigenvalue weighted by atomic mass is 9.98. The molecule has 2 unspecified atom stereocenters. The highest BCUT2D eigenvalue weighted by atomic mass is 32.1. The van der Waals surface area contributed by atoms with Gasteiger partial charge in [-0.2, -0.15) is 9.61 Å². The quantitative estimate of drug-likeness (QED) is 0.877. The van der Waals surface area contributed by atoms with E-state index in [1.54, 1.807) is 11.6 Å². The van der Waals surface area contributed by atoms with Crippen LogP contribution in [0.1, 0.15) is 31.4 Å². The van der Waals surface area contributed by atoms with Crippen molar-refractivity contribution in [3.8, 4) is 0 Å². The van der Waals surface area contributed by atoms with E-state index >= 15 is 0 Å². The van der Waals surface area contributed by atoms with Gasteiger partial charge in [-0.05, 0) is 25.7 Å². The van der Waals surface area contributed by atoms with Crippen LogP contribution in [-0.2, 0) is 6.54 Å². The molecule has 2 saturated heterocycles. The van der Waals surface area contributed by atoms with Crippen LogP contribution in [0.2, 0.25) is 0 Å². The average Bonchev–Trinajstić information content (AvgIpc) is 2.95. The molecule has 0 spiro atoms. The molecule has 2 aliphatic heterocycles. The molecule has 0 saturated carbocycles.